The van der Waals surface area contributed by atoms with Crippen LogP contribution in [0.2, 0.25) is 0 Å². The van der Waals surface area contributed by atoms with Gasteiger partial charge in [-0.25, -0.2) is 8.42 Å². The molecule has 0 saturated carbocycles. The summed E-state index contributed by atoms with van der Waals surface area (Å²) in [5, 5.41) is 0.841. The first-order valence-corrected chi connectivity index (χ1v) is 10.9. The first-order chi connectivity index (χ1) is 13.6. The van der Waals surface area contributed by atoms with Crippen molar-refractivity contribution in [2.24, 2.45) is 0 Å². The van der Waals surface area contributed by atoms with E-state index in [2.05, 4.69) is 34.2 Å². The normalized spacial score (nSPS) is 16.7. The second-order valence-electron chi connectivity index (χ2n) is 6.85. The molecule has 1 aliphatic heterocycles. The van der Waals surface area contributed by atoms with Crippen LogP contribution in [0, 0.1) is 0 Å². The van der Waals surface area contributed by atoms with E-state index >= 15 is 0 Å². The quantitative estimate of drug-likeness (QED) is 0.668. The van der Waals surface area contributed by atoms with Gasteiger partial charge in [-0.15, -0.1) is 0 Å². The molecule has 0 bridgehead atoms. The van der Waals surface area contributed by atoms with E-state index < -0.39 is 10.0 Å². The van der Waals surface area contributed by atoms with E-state index in [0.29, 0.717) is 23.5 Å². The third-order valence-electron chi connectivity index (χ3n) is 5.02. The zero-order chi connectivity index (χ0) is 19.4. The first kappa shape index (κ1) is 18.8. The van der Waals surface area contributed by atoms with E-state index in [1.165, 1.54) is 5.56 Å². The lowest BCUT2D eigenvalue weighted by molar-refractivity contribution is 0.204. The third kappa shape index (κ3) is 3.99. The van der Waals surface area contributed by atoms with E-state index in [-0.39, 0.29) is 0 Å². The molecule has 4 rings (SSSR count). The van der Waals surface area contributed by atoms with E-state index in [1.54, 1.807) is 22.6 Å². The molecule has 1 fully saturated rings. The number of sulfonamides is 1. The molecule has 3 aromatic rings. The predicted octanol–water partition coefficient (Wildman–Crippen LogP) is 3.25. The summed E-state index contributed by atoms with van der Waals surface area (Å²) in [6.07, 6.45) is 5.87. The summed E-state index contributed by atoms with van der Waals surface area (Å²) < 4.78 is 27.9. The van der Waals surface area contributed by atoms with Gasteiger partial charge < -0.3 is 0 Å². The minimum Gasteiger partial charge on any atom is -0.297 e. The van der Waals surface area contributed by atoms with Crippen LogP contribution >= 0.6 is 0 Å². The fourth-order valence-electron chi connectivity index (χ4n) is 3.48. The topological polar surface area (TPSA) is 53.5 Å². The van der Waals surface area contributed by atoms with Crippen LogP contribution < -0.4 is 0 Å². The molecule has 0 unspecified atom stereocenters. The molecule has 2 heterocycles. The van der Waals surface area contributed by atoms with Crippen molar-refractivity contribution in [1.82, 2.24) is 14.2 Å². The molecule has 0 amide bonds. The van der Waals surface area contributed by atoms with Crippen LogP contribution in [0.25, 0.3) is 17.0 Å². The van der Waals surface area contributed by atoms with Gasteiger partial charge in [-0.2, -0.15) is 4.31 Å². The van der Waals surface area contributed by atoms with Gasteiger partial charge in [0.05, 0.1) is 5.52 Å². The molecule has 2 aromatic carbocycles. The minimum atomic E-state index is -3.55. The Hall–Kier alpha value is -2.54. The molecule has 0 atom stereocenters. The van der Waals surface area contributed by atoms with Crippen molar-refractivity contribution >= 4 is 27.0 Å². The second kappa shape index (κ2) is 8.22. The number of nitrogens with zero attached hydrogens (tertiary/aromatic N) is 3. The summed E-state index contributed by atoms with van der Waals surface area (Å²) in [6, 6.07) is 19.2. The van der Waals surface area contributed by atoms with Gasteiger partial charge in [0.2, 0.25) is 10.0 Å². The highest BCUT2D eigenvalue weighted by Crippen LogP contribution is 2.24. The zero-order valence-corrected chi connectivity index (χ0v) is 16.4. The van der Waals surface area contributed by atoms with Crippen LogP contribution in [0.4, 0.5) is 0 Å². The van der Waals surface area contributed by atoms with Gasteiger partial charge in [0.25, 0.3) is 0 Å². The molecule has 1 aliphatic rings. The van der Waals surface area contributed by atoms with Gasteiger partial charge in [-0.3, -0.25) is 9.88 Å². The Morgan fingerprint density at radius 1 is 0.893 bits per heavy atom. The van der Waals surface area contributed by atoms with Crippen molar-refractivity contribution in [2.45, 2.75) is 4.90 Å². The zero-order valence-electron chi connectivity index (χ0n) is 15.6. The lowest BCUT2D eigenvalue weighted by Gasteiger charge is -2.33. The first-order valence-electron chi connectivity index (χ1n) is 9.42. The maximum absolute atomic E-state index is 13.2. The number of aromatic nitrogens is 1. The predicted molar refractivity (Wildman–Crippen MR) is 112 cm³/mol. The van der Waals surface area contributed by atoms with Crippen molar-refractivity contribution in [3.63, 3.8) is 0 Å². The van der Waals surface area contributed by atoms with Gasteiger partial charge in [0.15, 0.2) is 0 Å². The lowest BCUT2D eigenvalue weighted by atomic mass is 10.2. The number of hydrogen-bond acceptors (Lipinski definition) is 4. The summed E-state index contributed by atoms with van der Waals surface area (Å²) in [5.74, 6) is 0. The fourth-order valence-corrected chi connectivity index (χ4v) is 5.07. The number of hydrogen-bond donors (Lipinski definition) is 0. The third-order valence-corrected chi connectivity index (χ3v) is 6.95. The maximum Gasteiger partial charge on any atom is 0.245 e. The van der Waals surface area contributed by atoms with E-state index in [1.807, 2.05) is 36.4 Å². The number of rotatable bonds is 5. The number of fused-ring (bicyclic) bond motifs is 1. The summed E-state index contributed by atoms with van der Waals surface area (Å²) in [4.78, 5) is 6.87. The molecule has 1 saturated heterocycles. The molecule has 0 radical (unpaired) electrons. The van der Waals surface area contributed by atoms with Crippen molar-refractivity contribution in [3.8, 4) is 0 Å². The van der Waals surface area contributed by atoms with Gasteiger partial charge in [0.1, 0.15) is 4.90 Å². The average Bonchev–Trinajstić information content (AvgIpc) is 2.74. The molecule has 5 nitrogen and oxygen atoms in total. The van der Waals surface area contributed by atoms with Crippen LogP contribution in [0.5, 0.6) is 0 Å². The monoisotopic (exact) mass is 393 g/mol. The van der Waals surface area contributed by atoms with Crippen molar-refractivity contribution in [1.29, 1.82) is 0 Å². The Morgan fingerprint density at radius 3 is 2.43 bits per heavy atom. The fraction of sp³-hybridized carbons (Fsp3) is 0.227. The average molecular weight is 394 g/mol. The Bertz CT molecular complexity index is 1070. The minimum absolute atomic E-state index is 0.294. The SMILES string of the molecule is O=S(=O)(c1cccc2cccnc12)N1CCN(C/C=C\c2ccccc2)CC1. The molecule has 0 spiro atoms. The second-order valence-corrected chi connectivity index (χ2v) is 8.76. The van der Waals surface area contributed by atoms with E-state index in [0.717, 1.165) is 25.0 Å². The molecule has 144 valence electrons. The van der Waals surface area contributed by atoms with Gasteiger partial charge in [-0.1, -0.05) is 60.7 Å². The standard InChI is InChI=1S/C22H23N3O2S/c26-28(27,21-12-4-10-20-11-5-13-23-22(20)21)25-17-15-24(16-18-25)14-6-9-19-7-2-1-3-8-19/h1-13H,14-18H2/b9-6-. The van der Waals surface area contributed by atoms with Crippen LogP contribution in [0.3, 0.4) is 0 Å². The van der Waals surface area contributed by atoms with Crippen molar-refractivity contribution in [2.75, 3.05) is 32.7 Å². The van der Waals surface area contributed by atoms with Crippen molar-refractivity contribution < 1.29 is 8.42 Å². The molecule has 1 aromatic heterocycles. The smallest absolute Gasteiger partial charge is 0.245 e. The Labute approximate surface area is 166 Å². The molecule has 28 heavy (non-hydrogen) atoms. The summed E-state index contributed by atoms with van der Waals surface area (Å²) in [6.45, 7) is 3.24. The largest absolute Gasteiger partial charge is 0.297 e. The van der Waals surface area contributed by atoms with Gasteiger partial charge in [0, 0.05) is 44.3 Å². The van der Waals surface area contributed by atoms with Crippen LogP contribution in [0.1, 0.15) is 5.56 Å². The van der Waals surface area contributed by atoms with Gasteiger partial charge >= 0.3 is 0 Å². The Kier molecular flexibility index (Phi) is 5.52. The summed E-state index contributed by atoms with van der Waals surface area (Å²) in [7, 11) is -3.55. The van der Waals surface area contributed by atoms with Gasteiger partial charge in [-0.05, 0) is 17.7 Å². The van der Waals surface area contributed by atoms with Crippen LogP contribution in [-0.2, 0) is 10.0 Å². The molecule has 0 aliphatic carbocycles. The number of para-hydroxylation sites is 1. The number of piperazine rings is 1. The number of pyridine rings is 1. The van der Waals surface area contributed by atoms with Crippen LogP contribution in [-0.4, -0.2) is 55.3 Å². The molecule has 0 N–H and O–H groups in total. The number of benzene rings is 2. The highest BCUT2D eigenvalue weighted by molar-refractivity contribution is 7.89. The van der Waals surface area contributed by atoms with Crippen molar-refractivity contribution in [3.05, 3.63) is 78.5 Å². The van der Waals surface area contributed by atoms with Crippen LogP contribution in [0.15, 0.2) is 77.8 Å². The molecule has 6 heteroatoms. The highest BCUT2D eigenvalue weighted by Gasteiger charge is 2.29. The van der Waals surface area contributed by atoms with E-state index in [4.69, 9.17) is 0 Å². The summed E-state index contributed by atoms with van der Waals surface area (Å²) in [5.41, 5.74) is 1.71. The van der Waals surface area contributed by atoms with E-state index in [9.17, 15) is 8.42 Å². The maximum atomic E-state index is 13.2. The molecular formula is C22H23N3O2S. The Balaban J connectivity index is 1.42. The molecular weight excluding hydrogens is 370 g/mol. The Morgan fingerprint density at radius 2 is 1.64 bits per heavy atom. The lowest BCUT2D eigenvalue weighted by Crippen LogP contribution is -2.48. The summed E-state index contributed by atoms with van der Waals surface area (Å²) >= 11 is 0. The highest BCUT2D eigenvalue weighted by atomic mass is 32.2.